The summed E-state index contributed by atoms with van der Waals surface area (Å²) in [7, 11) is -3.77. The van der Waals surface area contributed by atoms with Crippen molar-refractivity contribution >= 4 is 32.5 Å². The fraction of sp³-hybridized carbons (Fsp3) is 0.286. The summed E-state index contributed by atoms with van der Waals surface area (Å²) in [4.78, 5) is 12.2. The Kier molecular flexibility index (Phi) is 4.64. The quantitative estimate of drug-likeness (QED) is 0.643. The first-order valence-electron chi connectivity index (χ1n) is 8.66. The summed E-state index contributed by atoms with van der Waals surface area (Å²) in [5.74, 6) is 0.413. The van der Waals surface area contributed by atoms with Crippen LogP contribution >= 0.6 is 0 Å². The van der Waals surface area contributed by atoms with E-state index in [1.807, 2.05) is 19.1 Å². The molecule has 1 N–H and O–H groups in total. The summed E-state index contributed by atoms with van der Waals surface area (Å²) in [6.07, 6.45) is 0. The van der Waals surface area contributed by atoms with Gasteiger partial charge in [0.25, 0.3) is 10.0 Å². The minimum atomic E-state index is -3.77. The van der Waals surface area contributed by atoms with E-state index >= 15 is 0 Å². The fourth-order valence-electron chi connectivity index (χ4n) is 3.70. The van der Waals surface area contributed by atoms with E-state index in [4.69, 9.17) is 4.42 Å². The molecular formula is C21H23NO4S. The number of sulfonamides is 1. The zero-order chi connectivity index (χ0) is 20.1. The Morgan fingerprint density at radius 2 is 1.52 bits per heavy atom. The molecule has 1 heterocycles. The molecule has 5 nitrogen and oxygen atoms in total. The van der Waals surface area contributed by atoms with Crippen LogP contribution in [-0.2, 0) is 10.0 Å². The smallest absolute Gasteiger partial charge is 0.262 e. The van der Waals surface area contributed by atoms with E-state index < -0.39 is 10.0 Å². The van der Waals surface area contributed by atoms with Crippen LogP contribution < -0.4 is 4.72 Å². The van der Waals surface area contributed by atoms with E-state index in [2.05, 4.69) is 4.72 Å². The minimum absolute atomic E-state index is 0.117. The molecular weight excluding hydrogens is 362 g/mol. The number of anilines is 1. The number of Topliss-reactive ketones (excluding diaryl/α,β-unsaturated/α-hetero) is 1. The monoisotopic (exact) mass is 385 g/mol. The van der Waals surface area contributed by atoms with Gasteiger partial charge in [-0.1, -0.05) is 17.7 Å². The van der Waals surface area contributed by atoms with Crippen LogP contribution in [-0.4, -0.2) is 14.2 Å². The van der Waals surface area contributed by atoms with E-state index in [1.165, 1.54) is 6.92 Å². The lowest BCUT2D eigenvalue weighted by Gasteiger charge is -2.15. The molecule has 3 rings (SSSR count). The van der Waals surface area contributed by atoms with Crippen LogP contribution in [0.5, 0.6) is 0 Å². The lowest BCUT2D eigenvalue weighted by molar-refractivity contribution is 0.101. The van der Waals surface area contributed by atoms with Crippen molar-refractivity contribution in [1.29, 1.82) is 0 Å². The highest BCUT2D eigenvalue weighted by molar-refractivity contribution is 7.92. The summed E-state index contributed by atoms with van der Waals surface area (Å²) in [6.45, 7) is 10.5. The number of carbonyl (C=O) groups excluding carboxylic acids is 1. The molecule has 6 heteroatoms. The topological polar surface area (TPSA) is 76.4 Å². The van der Waals surface area contributed by atoms with Gasteiger partial charge in [0, 0.05) is 5.39 Å². The van der Waals surface area contributed by atoms with E-state index in [1.54, 1.807) is 39.8 Å². The highest BCUT2D eigenvalue weighted by atomic mass is 32.2. The molecule has 0 aliphatic carbocycles. The molecule has 2 aromatic carbocycles. The maximum Gasteiger partial charge on any atom is 0.262 e. The first-order valence-corrected chi connectivity index (χ1v) is 10.1. The fourth-order valence-corrected chi connectivity index (χ4v) is 5.28. The number of furan rings is 1. The summed E-state index contributed by atoms with van der Waals surface area (Å²) in [5.41, 5.74) is 4.61. The number of nitrogens with one attached hydrogen (secondary N) is 1. The third-order valence-corrected chi connectivity index (χ3v) is 6.35. The first-order chi connectivity index (χ1) is 12.5. The van der Waals surface area contributed by atoms with Gasteiger partial charge >= 0.3 is 0 Å². The van der Waals surface area contributed by atoms with Crippen LogP contribution in [0.3, 0.4) is 0 Å². The number of hydrogen-bond donors (Lipinski definition) is 1. The molecule has 0 radical (unpaired) electrons. The van der Waals surface area contributed by atoms with Crippen molar-refractivity contribution in [2.45, 2.75) is 46.4 Å². The zero-order valence-corrected chi connectivity index (χ0v) is 17.2. The molecule has 0 aliphatic heterocycles. The Labute approximate surface area is 159 Å². The second-order valence-electron chi connectivity index (χ2n) is 7.09. The average Bonchev–Trinajstić information content (AvgIpc) is 2.80. The number of benzene rings is 2. The highest BCUT2D eigenvalue weighted by Gasteiger charge is 2.22. The van der Waals surface area contributed by atoms with Gasteiger partial charge < -0.3 is 4.42 Å². The van der Waals surface area contributed by atoms with Gasteiger partial charge in [-0.15, -0.1) is 0 Å². The Morgan fingerprint density at radius 1 is 0.926 bits per heavy atom. The molecule has 0 fully saturated rings. The summed E-state index contributed by atoms with van der Waals surface area (Å²) >= 11 is 0. The lowest BCUT2D eigenvalue weighted by atomic mass is 10.1. The molecule has 0 saturated carbocycles. The normalized spacial score (nSPS) is 11.8. The van der Waals surface area contributed by atoms with E-state index in [0.717, 1.165) is 11.1 Å². The van der Waals surface area contributed by atoms with E-state index in [9.17, 15) is 13.2 Å². The third kappa shape index (κ3) is 3.37. The van der Waals surface area contributed by atoms with Crippen LogP contribution in [0.4, 0.5) is 5.69 Å². The van der Waals surface area contributed by atoms with Crippen molar-refractivity contribution < 1.29 is 17.6 Å². The van der Waals surface area contributed by atoms with Crippen LogP contribution in [0.15, 0.2) is 33.6 Å². The molecule has 0 bridgehead atoms. The number of carbonyl (C=O) groups is 1. The second-order valence-corrected chi connectivity index (χ2v) is 8.71. The van der Waals surface area contributed by atoms with Crippen LogP contribution in [0.1, 0.15) is 45.3 Å². The molecule has 0 saturated heterocycles. The highest BCUT2D eigenvalue weighted by Crippen LogP contribution is 2.32. The van der Waals surface area contributed by atoms with E-state index in [-0.39, 0.29) is 10.7 Å². The van der Waals surface area contributed by atoms with Gasteiger partial charge in [0.05, 0.1) is 16.1 Å². The van der Waals surface area contributed by atoms with Gasteiger partial charge in [-0.3, -0.25) is 9.52 Å². The predicted octanol–water partition coefficient (Wildman–Crippen LogP) is 4.98. The second kappa shape index (κ2) is 6.53. The van der Waals surface area contributed by atoms with Gasteiger partial charge in [-0.05, 0) is 70.4 Å². The van der Waals surface area contributed by atoms with Crippen LogP contribution in [0.2, 0.25) is 0 Å². The van der Waals surface area contributed by atoms with Crippen molar-refractivity contribution in [3.8, 4) is 0 Å². The van der Waals surface area contributed by atoms with Crippen molar-refractivity contribution in [3.63, 3.8) is 0 Å². The van der Waals surface area contributed by atoms with Gasteiger partial charge in [-0.2, -0.15) is 0 Å². The van der Waals surface area contributed by atoms with Gasteiger partial charge in [-0.25, -0.2) is 8.42 Å². The molecule has 0 spiro atoms. The zero-order valence-electron chi connectivity index (χ0n) is 16.4. The van der Waals surface area contributed by atoms with Crippen LogP contribution in [0, 0.1) is 34.6 Å². The third-order valence-electron chi connectivity index (χ3n) is 4.68. The van der Waals surface area contributed by atoms with Crippen molar-refractivity contribution in [2.24, 2.45) is 0 Å². The summed E-state index contributed by atoms with van der Waals surface area (Å²) in [5, 5.41) is 0.612. The summed E-state index contributed by atoms with van der Waals surface area (Å²) < 4.78 is 34.5. The Bertz CT molecular complexity index is 1160. The van der Waals surface area contributed by atoms with Gasteiger partial charge in [0.1, 0.15) is 11.3 Å². The standard InChI is InChI=1S/C21H23NO4S/c1-11-7-13(3)21(14(4)8-11)27(24,25)22-18-10-17-19(9-12(18)2)26-16(6)20(17)15(5)23/h7-10,22H,1-6H3. The van der Waals surface area contributed by atoms with Crippen molar-refractivity contribution in [3.05, 3.63) is 57.8 Å². The number of rotatable bonds is 4. The predicted molar refractivity (Wildman–Crippen MR) is 107 cm³/mol. The van der Waals surface area contributed by atoms with E-state index in [0.29, 0.717) is 39.1 Å². The maximum absolute atomic E-state index is 13.1. The number of ketones is 1. The van der Waals surface area contributed by atoms with Crippen molar-refractivity contribution in [2.75, 3.05) is 4.72 Å². The Hall–Kier alpha value is -2.60. The molecule has 27 heavy (non-hydrogen) atoms. The molecule has 142 valence electrons. The molecule has 0 unspecified atom stereocenters. The first kappa shape index (κ1) is 19.2. The maximum atomic E-state index is 13.1. The SMILES string of the molecule is CC(=O)c1c(C)oc2cc(C)c(NS(=O)(=O)c3c(C)cc(C)cc3C)cc12. The van der Waals surface area contributed by atoms with Gasteiger partial charge in [0.15, 0.2) is 5.78 Å². The average molecular weight is 385 g/mol. The lowest BCUT2D eigenvalue weighted by Crippen LogP contribution is -2.16. The largest absolute Gasteiger partial charge is 0.461 e. The summed E-state index contributed by atoms with van der Waals surface area (Å²) in [6, 6.07) is 7.13. The Balaban J connectivity index is 2.15. The number of aryl methyl sites for hydroxylation is 5. The van der Waals surface area contributed by atoms with Gasteiger partial charge in [0.2, 0.25) is 0 Å². The number of fused-ring (bicyclic) bond motifs is 1. The number of hydrogen-bond acceptors (Lipinski definition) is 4. The molecule has 0 amide bonds. The van der Waals surface area contributed by atoms with Crippen LogP contribution in [0.25, 0.3) is 11.0 Å². The molecule has 3 aromatic rings. The molecule has 1 aromatic heterocycles. The molecule has 0 aliphatic rings. The Morgan fingerprint density at radius 3 is 2.07 bits per heavy atom. The molecule has 0 atom stereocenters. The minimum Gasteiger partial charge on any atom is -0.461 e. The van der Waals surface area contributed by atoms with Crippen molar-refractivity contribution in [1.82, 2.24) is 0 Å².